The third-order valence-electron chi connectivity index (χ3n) is 8.83. The number of alkyl halides is 3. The number of hydrogen-bond donors (Lipinski definition) is 3. The topological polar surface area (TPSA) is 107 Å². The van der Waals surface area contributed by atoms with Crippen LogP contribution in [0.15, 0.2) is 54.7 Å². The number of nitrogens with zero attached hydrogens (tertiary/aromatic N) is 5. The Kier molecular flexibility index (Phi) is 9.71. The number of fused-ring (bicyclic) bond motifs is 1. The van der Waals surface area contributed by atoms with Gasteiger partial charge in [-0.15, -0.1) is 0 Å². The molecule has 2 aromatic heterocycles. The van der Waals surface area contributed by atoms with Crippen molar-refractivity contribution in [2.45, 2.75) is 25.6 Å². The number of anilines is 2. The molecule has 2 aliphatic heterocycles. The van der Waals surface area contributed by atoms with E-state index in [0.717, 1.165) is 30.5 Å². The molecule has 6 rings (SSSR count). The minimum absolute atomic E-state index is 0.0535. The maximum absolute atomic E-state index is 14.0. The molecule has 4 aromatic rings. The number of piperazine rings is 1. The highest BCUT2D eigenvalue weighted by Crippen LogP contribution is 2.35. The summed E-state index contributed by atoms with van der Waals surface area (Å²) in [6.45, 7) is 3.76. The van der Waals surface area contributed by atoms with Crippen LogP contribution in [-0.2, 0) is 37.4 Å². The van der Waals surface area contributed by atoms with Gasteiger partial charge in [-0.05, 0) is 48.5 Å². The minimum Gasteiger partial charge on any atom is -0.357 e. The maximum atomic E-state index is 14.0. The lowest BCUT2D eigenvalue weighted by Crippen LogP contribution is -2.44. The molecule has 0 atom stereocenters. The number of nitrogens with one attached hydrogen (secondary N) is 3. The number of aromatic nitrogens is 3. The van der Waals surface area contributed by atoms with E-state index in [2.05, 4.69) is 42.7 Å². The predicted molar refractivity (Wildman–Crippen MR) is 181 cm³/mol. The molecule has 254 valence electrons. The first-order valence-electron chi connectivity index (χ1n) is 16.0. The van der Waals surface area contributed by atoms with Crippen LogP contribution in [0.3, 0.4) is 0 Å². The first-order valence-corrected chi connectivity index (χ1v) is 16.0. The van der Waals surface area contributed by atoms with Crippen LogP contribution in [-0.4, -0.2) is 83.0 Å². The molecule has 13 heteroatoms. The minimum atomic E-state index is -4.55. The van der Waals surface area contributed by atoms with Crippen molar-refractivity contribution in [3.63, 3.8) is 0 Å². The highest BCUT2D eigenvalue weighted by atomic mass is 19.4. The molecule has 0 radical (unpaired) electrons. The van der Waals surface area contributed by atoms with Gasteiger partial charge in [0.2, 0.25) is 11.9 Å². The van der Waals surface area contributed by atoms with Gasteiger partial charge in [-0.1, -0.05) is 30.0 Å². The second kappa shape index (κ2) is 14.1. The zero-order valence-electron chi connectivity index (χ0n) is 27.5. The first-order chi connectivity index (χ1) is 23.5. The zero-order chi connectivity index (χ0) is 34.7. The molecule has 49 heavy (non-hydrogen) atoms. The smallest absolute Gasteiger partial charge is 0.357 e. The van der Waals surface area contributed by atoms with E-state index in [9.17, 15) is 22.8 Å². The van der Waals surface area contributed by atoms with Gasteiger partial charge in [0.25, 0.3) is 5.91 Å². The van der Waals surface area contributed by atoms with Crippen LogP contribution in [0.25, 0.3) is 11.4 Å². The third-order valence-corrected chi connectivity index (χ3v) is 8.83. The average molecular weight is 671 g/mol. The van der Waals surface area contributed by atoms with E-state index < -0.39 is 17.6 Å². The Morgan fingerprint density at radius 3 is 2.57 bits per heavy atom. The van der Waals surface area contributed by atoms with Crippen molar-refractivity contribution in [2.24, 2.45) is 7.05 Å². The van der Waals surface area contributed by atoms with Gasteiger partial charge >= 0.3 is 6.18 Å². The summed E-state index contributed by atoms with van der Waals surface area (Å²) in [5, 5.41) is 8.45. The van der Waals surface area contributed by atoms with Crippen molar-refractivity contribution in [2.75, 3.05) is 57.5 Å². The van der Waals surface area contributed by atoms with Gasteiger partial charge in [0.15, 0.2) is 0 Å². The van der Waals surface area contributed by atoms with Crippen LogP contribution < -0.4 is 16.0 Å². The summed E-state index contributed by atoms with van der Waals surface area (Å²) in [6.07, 6.45) is -2.28. The van der Waals surface area contributed by atoms with Crippen LogP contribution >= 0.6 is 0 Å². The third kappa shape index (κ3) is 7.77. The van der Waals surface area contributed by atoms with Crippen molar-refractivity contribution < 1.29 is 22.8 Å². The summed E-state index contributed by atoms with van der Waals surface area (Å²) in [5.41, 5.74) is 4.20. The number of hydrogen-bond acceptors (Lipinski definition) is 7. The van der Waals surface area contributed by atoms with Crippen molar-refractivity contribution in [3.05, 3.63) is 93.8 Å². The van der Waals surface area contributed by atoms with Crippen molar-refractivity contribution >= 4 is 23.5 Å². The monoisotopic (exact) mass is 670 g/mol. The summed E-state index contributed by atoms with van der Waals surface area (Å²) >= 11 is 0. The highest BCUT2D eigenvalue weighted by Gasteiger charge is 2.34. The molecule has 0 saturated carbocycles. The number of carbonyl (C=O) groups excluding carboxylic acids is 2. The molecular formula is C36H37F3N8O2. The summed E-state index contributed by atoms with van der Waals surface area (Å²) in [5.74, 6) is 6.11. The van der Waals surface area contributed by atoms with E-state index in [1.165, 1.54) is 12.1 Å². The molecule has 2 aliphatic rings. The Bertz CT molecular complexity index is 1950. The molecule has 0 spiro atoms. The first kappa shape index (κ1) is 33.7. The van der Waals surface area contributed by atoms with E-state index in [0.29, 0.717) is 60.0 Å². The lowest BCUT2D eigenvalue weighted by atomic mass is 10.0. The molecule has 2 amide bonds. The fourth-order valence-electron chi connectivity index (χ4n) is 6.14. The van der Waals surface area contributed by atoms with Gasteiger partial charge in [0.05, 0.1) is 28.8 Å². The quantitative estimate of drug-likeness (QED) is 0.254. The Morgan fingerprint density at radius 2 is 1.84 bits per heavy atom. The molecule has 0 aliphatic carbocycles. The van der Waals surface area contributed by atoms with Gasteiger partial charge in [-0.3, -0.25) is 14.5 Å². The van der Waals surface area contributed by atoms with Gasteiger partial charge in [-0.2, -0.15) is 13.2 Å². The van der Waals surface area contributed by atoms with Gasteiger partial charge in [0, 0.05) is 82.9 Å². The fraction of sp³-hybridized carbons (Fsp3) is 0.333. The second-order valence-corrected chi connectivity index (χ2v) is 12.3. The number of rotatable bonds is 7. The number of halogens is 3. The summed E-state index contributed by atoms with van der Waals surface area (Å²) in [4.78, 5) is 38.6. The van der Waals surface area contributed by atoms with E-state index in [1.54, 1.807) is 37.5 Å². The number of benzene rings is 2. The molecule has 0 bridgehead atoms. The summed E-state index contributed by atoms with van der Waals surface area (Å²) in [6, 6.07) is 12.9. The van der Waals surface area contributed by atoms with Gasteiger partial charge in [-0.25, -0.2) is 9.97 Å². The van der Waals surface area contributed by atoms with E-state index in [-0.39, 0.29) is 30.1 Å². The van der Waals surface area contributed by atoms with Crippen molar-refractivity contribution in [1.29, 1.82) is 0 Å². The Morgan fingerprint density at radius 1 is 1.04 bits per heavy atom. The highest BCUT2D eigenvalue weighted by molar-refractivity contribution is 5.98. The van der Waals surface area contributed by atoms with Crippen LogP contribution in [0, 0.1) is 11.8 Å². The standard InChI is InChI=1S/C36H37F3N8O2/c1-40-35-42-21-25(33(44-35)31-20-28-30(46(31)3)11-12-41-34(28)49)8-7-23-5-4-6-24(17-23)18-32(48)43-27-10-9-26(29(19-27)36(37,38)39)22-47-15-13-45(2)14-16-47/h4-6,9-10,17,19-21H,11-16,18,22H2,1-3H3,(H,41,49)(H,43,48)(H,40,42,44). The molecule has 1 fully saturated rings. The van der Waals surface area contributed by atoms with Gasteiger partial charge in [0.1, 0.15) is 5.69 Å². The molecule has 10 nitrogen and oxygen atoms in total. The lowest BCUT2D eigenvalue weighted by Gasteiger charge is -2.33. The van der Waals surface area contributed by atoms with Crippen LogP contribution in [0.4, 0.5) is 24.8 Å². The van der Waals surface area contributed by atoms with Crippen molar-refractivity contribution in [3.8, 4) is 23.2 Å². The van der Waals surface area contributed by atoms with Crippen LogP contribution in [0.2, 0.25) is 0 Å². The SMILES string of the molecule is CNc1ncc(C#Cc2cccc(CC(=O)Nc3ccc(CN4CCN(C)CC4)c(C(F)(F)F)c3)c2)c(-c2cc3c(n2C)CCNC3=O)n1. The Hall–Kier alpha value is -5.19. The Labute approximate surface area is 282 Å². The predicted octanol–water partition coefficient (Wildman–Crippen LogP) is 4.16. The van der Waals surface area contributed by atoms with E-state index in [1.807, 2.05) is 29.6 Å². The molecule has 4 heterocycles. The average Bonchev–Trinajstić information content (AvgIpc) is 3.42. The summed E-state index contributed by atoms with van der Waals surface area (Å²) in [7, 11) is 5.61. The zero-order valence-corrected chi connectivity index (χ0v) is 27.5. The van der Waals surface area contributed by atoms with Gasteiger partial charge < -0.3 is 25.4 Å². The van der Waals surface area contributed by atoms with E-state index in [4.69, 9.17) is 0 Å². The largest absolute Gasteiger partial charge is 0.416 e. The van der Waals surface area contributed by atoms with Crippen LogP contribution in [0.1, 0.15) is 43.9 Å². The normalized spacial score (nSPS) is 15.2. The number of carbonyl (C=O) groups is 2. The lowest BCUT2D eigenvalue weighted by molar-refractivity contribution is -0.138. The molecule has 3 N–H and O–H groups in total. The number of likely N-dealkylation sites (N-methyl/N-ethyl adjacent to an activating group) is 1. The van der Waals surface area contributed by atoms with Crippen LogP contribution in [0.5, 0.6) is 0 Å². The van der Waals surface area contributed by atoms with Crippen molar-refractivity contribution in [1.82, 2.24) is 29.7 Å². The van der Waals surface area contributed by atoms with E-state index >= 15 is 0 Å². The summed E-state index contributed by atoms with van der Waals surface area (Å²) < 4.78 is 44.1. The fourth-order valence-corrected chi connectivity index (χ4v) is 6.14. The maximum Gasteiger partial charge on any atom is 0.416 e. The molecule has 1 saturated heterocycles. The Balaban J connectivity index is 1.18. The number of amides is 2. The molecule has 0 unspecified atom stereocenters. The molecular weight excluding hydrogens is 633 g/mol. The second-order valence-electron chi connectivity index (χ2n) is 12.3. The molecule has 2 aromatic carbocycles.